The van der Waals surface area contributed by atoms with Crippen LogP contribution in [0.3, 0.4) is 0 Å². The first-order chi connectivity index (χ1) is 17.0. The molecule has 9 heteroatoms. The van der Waals surface area contributed by atoms with E-state index in [0.717, 1.165) is 24.6 Å². The number of benzene rings is 2. The number of fused-ring (bicyclic) bond motifs is 1. The average Bonchev–Trinajstić information content (AvgIpc) is 2.82. The largest absolute Gasteiger partial charge is 0.368 e. The van der Waals surface area contributed by atoms with E-state index in [-0.39, 0.29) is 18.8 Å². The molecule has 0 aliphatic carbocycles. The zero-order valence-electron chi connectivity index (χ0n) is 21.5. The summed E-state index contributed by atoms with van der Waals surface area (Å²) >= 11 is 0. The van der Waals surface area contributed by atoms with Gasteiger partial charge in [-0.2, -0.15) is 0 Å². The number of primary amides is 1. The Morgan fingerprint density at radius 3 is 2.31 bits per heavy atom. The Balaban J connectivity index is 2.39. The second kappa shape index (κ2) is 13.3. The van der Waals surface area contributed by atoms with Gasteiger partial charge < -0.3 is 15.8 Å². The molecular weight excluding hydrogens is 465 g/mol. The minimum Gasteiger partial charge on any atom is -0.368 e. The summed E-state index contributed by atoms with van der Waals surface area (Å²) in [5.41, 5.74) is 7.18. The Labute approximate surface area is 211 Å². The summed E-state index contributed by atoms with van der Waals surface area (Å²) in [6, 6.07) is 8.68. The number of hydroxylamine groups is 1. The maximum Gasteiger partial charge on any atom is 0.273 e. The zero-order valence-corrected chi connectivity index (χ0v) is 21.5. The number of carbonyl (C=O) groups is 3. The molecule has 0 unspecified atom stereocenters. The second-order valence-electron chi connectivity index (χ2n) is 10.2. The average molecular weight is 504 g/mol. The monoisotopic (exact) mass is 503 g/mol. The van der Waals surface area contributed by atoms with Crippen molar-refractivity contribution in [2.75, 3.05) is 6.61 Å². The lowest BCUT2D eigenvalue weighted by Gasteiger charge is -2.32. The van der Waals surface area contributed by atoms with E-state index in [1.54, 1.807) is 50.5 Å². The van der Waals surface area contributed by atoms with Gasteiger partial charge in [-0.3, -0.25) is 19.6 Å². The molecular formula is C27H38FN3O5. The summed E-state index contributed by atoms with van der Waals surface area (Å²) in [6.07, 6.45) is 2.38. The van der Waals surface area contributed by atoms with E-state index in [4.69, 9.17) is 10.5 Å². The normalized spacial score (nSPS) is 14.2. The van der Waals surface area contributed by atoms with Gasteiger partial charge in [0.2, 0.25) is 11.8 Å². The number of halogens is 1. The smallest absolute Gasteiger partial charge is 0.273 e. The fraction of sp³-hybridized carbons (Fsp3) is 0.519. The first kappa shape index (κ1) is 29.2. The van der Waals surface area contributed by atoms with Crippen molar-refractivity contribution in [1.82, 2.24) is 10.8 Å². The summed E-state index contributed by atoms with van der Waals surface area (Å²) in [7, 11) is 0. The van der Waals surface area contributed by atoms with Crippen LogP contribution in [-0.2, 0) is 25.5 Å². The predicted molar refractivity (Wildman–Crippen MR) is 135 cm³/mol. The summed E-state index contributed by atoms with van der Waals surface area (Å²) < 4.78 is 19.4. The molecule has 0 bridgehead atoms. The molecule has 8 nitrogen and oxygen atoms in total. The van der Waals surface area contributed by atoms with Gasteiger partial charge >= 0.3 is 0 Å². The Kier molecular flexibility index (Phi) is 10.8. The van der Waals surface area contributed by atoms with Crippen molar-refractivity contribution in [3.8, 4) is 0 Å². The van der Waals surface area contributed by atoms with Gasteiger partial charge in [-0.25, -0.2) is 9.87 Å². The fourth-order valence-corrected chi connectivity index (χ4v) is 4.13. The lowest BCUT2D eigenvalue weighted by molar-refractivity contribution is -0.151. The number of hydrogen-bond acceptors (Lipinski definition) is 5. The van der Waals surface area contributed by atoms with Gasteiger partial charge in [0, 0.05) is 6.61 Å². The minimum absolute atomic E-state index is 0.0713. The zero-order chi connectivity index (χ0) is 26.9. The summed E-state index contributed by atoms with van der Waals surface area (Å²) in [4.78, 5) is 38.2. The van der Waals surface area contributed by atoms with Crippen LogP contribution >= 0.6 is 0 Å². The van der Waals surface area contributed by atoms with E-state index < -0.39 is 41.2 Å². The summed E-state index contributed by atoms with van der Waals surface area (Å²) in [6.45, 7) is 7.59. The highest BCUT2D eigenvalue weighted by molar-refractivity contribution is 5.92. The Bertz CT molecular complexity index is 1050. The first-order valence-electron chi connectivity index (χ1n) is 12.3. The van der Waals surface area contributed by atoms with E-state index in [1.807, 2.05) is 0 Å². The molecule has 0 aliphatic rings. The van der Waals surface area contributed by atoms with Crippen molar-refractivity contribution >= 4 is 28.5 Å². The van der Waals surface area contributed by atoms with Crippen molar-refractivity contribution < 1.29 is 28.7 Å². The Morgan fingerprint density at radius 1 is 1.03 bits per heavy atom. The van der Waals surface area contributed by atoms with Crippen LogP contribution in [0.2, 0.25) is 0 Å². The number of nitrogens with one attached hydrogen (secondary N) is 2. The van der Waals surface area contributed by atoms with E-state index >= 15 is 0 Å². The minimum atomic E-state index is -1.31. The van der Waals surface area contributed by atoms with Crippen molar-refractivity contribution in [1.29, 1.82) is 0 Å². The SMILES string of the molecule is CCCCCCO[C@H](C(=O)NO)[C@@H](Cc1ccc2cc(F)ccc2c1)C(=O)N[C@H](C(N)=O)C(C)(C)C. The topological polar surface area (TPSA) is 131 Å². The molecule has 5 N–H and O–H groups in total. The number of rotatable bonds is 13. The molecule has 0 spiro atoms. The second-order valence-corrected chi connectivity index (χ2v) is 10.2. The number of nitrogens with two attached hydrogens (primary N) is 1. The van der Waals surface area contributed by atoms with Gasteiger partial charge in [-0.15, -0.1) is 0 Å². The van der Waals surface area contributed by atoms with Crippen LogP contribution in [0.5, 0.6) is 0 Å². The van der Waals surface area contributed by atoms with Crippen LogP contribution in [0.4, 0.5) is 4.39 Å². The Morgan fingerprint density at radius 2 is 1.69 bits per heavy atom. The molecule has 0 radical (unpaired) electrons. The van der Waals surface area contributed by atoms with Crippen LogP contribution in [0, 0.1) is 17.2 Å². The van der Waals surface area contributed by atoms with Gasteiger partial charge in [0.25, 0.3) is 5.91 Å². The third-order valence-electron chi connectivity index (χ3n) is 6.13. The molecule has 0 fully saturated rings. The van der Waals surface area contributed by atoms with Crippen LogP contribution in [0.25, 0.3) is 10.8 Å². The third-order valence-corrected chi connectivity index (χ3v) is 6.13. The van der Waals surface area contributed by atoms with Crippen LogP contribution in [0.15, 0.2) is 36.4 Å². The van der Waals surface area contributed by atoms with Crippen LogP contribution < -0.4 is 16.5 Å². The molecule has 2 aromatic carbocycles. The molecule has 36 heavy (non-hydrogen) atoms. The highest BCUT2D eigenvalue weighted by Gasteiger charge is 2.39. The molecule has 198 valence electrons. The number of hydrogen-bond donors (Lipinski definition) is 4. The molecule has 0 heterocycles. The van der Waals surface area contributed by atoms with Crippen molar-refractivity contribution in [2.45, 2.75) is 71.9 Å². The van der Waals surface area contributed by atoms with Gasteiger partial charge in [0.15, 0.2) is 0 Å². The van der Waals surface area contributed by atoms with Crippen molar-refractivity contribution in [3.63, 3.8) is 0 Å². The van der Waals surface area contributed by atoms with Gasteiger partial charge in [-0.05, 0) is 46.7 Å². The number of carbonyl (C=O) groups excluding carboxylic acids is 3. The van der Waals surface area contributed by atoms with Gasteiger partial charge in [0.05, 0.1) is 5.92 Å². The molecule has 2 rings (SSSR count). The highest BCUT2D eigenvalue weighted by Crippen LogP contribution is 2.24. The number of ether oxygens (including phenoxy) is 1. The van der Waals surface area contributed by atoms with Gasteiger partial charge in [0.1, 0.15) is 18.0 Å². The maximum atomic E-state index is 13.6. The number of amides is 3. The van der Waals surface area contributed by atoms with E-state index in [0.29, 0.717) is 17.4 Å². The molecule has 0 saturated carbocycles. The van der Waals surface area contributed by atoms with E-state index in [2.05, 4.69) is 12.2 Å². The van der Waals surface area contributed by atoms with Gasteiger partial charge in [-0.1, -0.05) is 71.2 Å². The van der Waals surface area contributed by atoms with Crippen LogP contribution in [-0.4, -0.2) is 41.7 Å². The van der Waals surface area contributed by atoms with Crippen molar-refractivity contribution in [2.24, 2.45) is 17.1 Å². The molecule has 0 saturated heterocycles. The molecule has 0 aliphatic heterocycles. The number of unbranched alkanes of at least 4 members (excludes halogenated alkanes) is 3. The van der Waals surface area contributed by atoms with E-state index in [1.165, 1.54) is 12.1 Å². The standard InChI is InChI=1S/C27H38FN3O5/c1-5-6-7-8-13-36-22(26(34)31-35)21(25(33)30-23(24(29)32)27(2,3)4)15-17-9-10-19-16-20(28)12-11-18(19)14-17/h9-12,14,16,21-23,35H,5-8,13,15H2,1-4H3,(H2,29,32)(H,30,33)(H,31,34)/t21-,22+,23-/m1/s1. The third kappa shape index (κ3) is 8.27. The lowest BCUT2D eigenvalue weighted by atomic mass is 9.85. The highest BCUT2D eigenvalue weighted by atomic mass is 19.1. The maximum absolute atomic E-state index is 13.6. The fourth-order valence-electron chi connectivity index (χ4n) is 4.13. The quantitative estimate of drug-likeness (QED) is 0.188. The molecule has 3 amide bonds. The summed E-state index contributed by atoms with van der Waals surface area (Å²) in [5.74, 6) is -3.60. The Hall–Kier alpha value is -3.04. The van der Waals surface area contributed by atoms with Crippen molar-refractivity contribution in [3.05, 3.63) is 47.8 Å². The molecule has 3 atom stereocenters. The molecule has 0 aromatic heterocycles. The predicted octanol–water partition coefficient (Wildman–Crippen LogP) is 3.62. The first-order valence-corrected chi connectivity index (χ1v) is 12.3. The summed E-state index contributed by atoms with van der Waals surface area (Å²) in [5, 5.41) is 13.5. The van der Waals surface area contributed by atoms with Crippen LogP contribution in [0.1, 0.15) is 58.9 Å². The van der Waals surface area contributed by atoms with E-state index in [9.17, 15) is 24.0 Å². The molecule has 2 aromatic rings. The lowest BCUT2D eigenvalue weighted by Crippen LogP contribution is -2.56.